The van der Waals surface area contributed by atoms with Gasteiger partial charge in [-0.1, -0.05) is 24.3 Å². The molecule has 94 valence electrons. The molecular formula is C14H11BO4. The maximum Gasteiger partial charge on any atom is 0.632 e. The summed E-state index contributed by atoms with van der Waals surface area (Å²) >= 11 is 0. The van der Waals surface area contributed by atoms with Crippen molar-refractivity contribution in [3.8, 4) is 11.5 Å². The predicted molar refractivity (Wildman–Crippen MR) is 70.9 cm³/mol. The number of ether oxygens (including phenoxy) is 1. The van der Waals surface area contributed by atoms with Gasteiger partial charge in [-0.05, 0) is 24.3 Å². The molecule has 19 heavy (non-hydrogen) atoms. The van der Waals surface area contributed by atoms with Crippen LogP contribution in [0.5, 0.6) is 11.5 Å². The molecule has 2 aromatic carbocycles. The van der Waals surface area contributed by atoms with Gasteiger partial charge in [0.15, 0.2) is 0 Å². The van der Waals surface area contributed by atoms with Gasteiger partial charge in [0, 0.05) is 5.46 Å². The van der Waals surface area contributed by atoms with E-state index in [2.05, 4.69) is 4.74 Å². The first-order chi connectivity index (χ1) is 9.28. The van der Waals surface area contributed by atoms with E-state index in [1.807, 2.05) is 24.3 Å². The number of para-hydroxylation sites is 2. The van der Waals surface area contributed by atoms with Gasteiger partial charge in [-0.2, -0.15) is 0 Å². The van der Waals surface area contributed by atoms with E-state index in [0.717, 1.165) is 17.0 Å². The van der Waals surface area contributed by atoms with Gasteiger partial charge in [-0.25, -0.2) is 4.79 Å². The third kappa shape index (κ3) is 2.15. The quantitative estimate of drug-likeness (QED) is 0.603. The van der Waals surface area contributed by atoms with Crippen LogP contribution in [0.1, 0.15) is 10.4 Å². The predicted octanol–water partition coefficient (Wildman–Crippen LogP) is 1.64. The summed E-state index contributed by atoms with van der Waals surface area (Å²) in [6.07, 6.45) is 0. The first-order valence-corrected chi connectivity index (χ1v) is 5.88. The van der Waals surface area contributed by atoms with Crippen LogP contribution in [-0.2, 0) is 4.74 Å². The zero-order valence-corrected chi connectivity index (χ0v) is 10.3. The lowest BCUT2D eigenvalue weighted by Crippen LogP contribution is -2.39. The monoisotopic (exact) mass is 254 g/mol. The van der Waals surface area contributed by atoms with E-state index in [-0.39, 0.29) is 5.97 Å². The standard InChI is InChI=1S/C14H11BO4/c1-17-14(16)10-6-8-11(9-7-10)15-18-12-4-2-3-5-13(12)19-15/h2-9H,1H3. The molecule has 0 radical (unpaired) electrons. The number of benzene rings is 2. The average Bonchev–Trinajstić information content (AvgIpc) is 2.90. The minimum absolute atomic E-state index is 0.358. The van der Waals surface area contributed by atoms with Gasteiger partial charge in [-0.15, -0.1) is 0 Å². The topological polar surface area (TPSA) is 44.8 Å². The molecular weight excluding hydrogens is 243 g/mol. The molecule has 0 amide bonds. The number of hydrogen-bond acceptors (Lipinski definition) is 4. The van der Waals surface area contributed by atoms with Crippen molar-refractivity contribution in [1.29, 1.82) is 0 Å². The Labute approximate surface area is 111 Å². The smallest absolute Gasteiger partial charge is 0.519 e. The van der Waals surface area contributed by atoms with Crippen molar-refractivity contribution in [2.24, 2.45) is 0 Å². The molecule has 0 saturated carbocycles. The summed E-state index contributed by atoms with van der Waals surface area (Å²) in [7, 11) is 0.889. The Morgan fingerprint density at radius 3 is 2.11 bits per heavy atom. The van der Waals surface area contributed by atoms with Crippen LogP contribution < -0.4 is 14.8 Å². The third-order valence-electron chi connectivity index (χ3n) is 2.92. The van der Waals surface area contributed by atoms with E-state index < -0.39 is 7.12 Å². The number of methoxy groups -OCH3 is 1. The second kappa shape index (κ2) is 4.68. The largest absolute Gasteiger partial charge is 0.632 e. The average molecular weight is 254 g/mol. The lowest BCUT2D eigenvalue weighted by molar-refractivity contribution is 0.0601. The summed E-state index contributed by atoms with van der Waals surface area (Å²) < 4.78 is 16.0. The number of hydrogen-bond donors (Lipinski definition) is 0. The summed E-state index contributed by atoms with van der Waals surface area (Å²) in [6.45, 7) is 0. The van der Waals surface area contributed by atoms with E-state index in [4.69, 9.17) is 9.31 Å². The molecule has 1 aliphatic rings. The lowest BCUT2D eigenvalue weighted by Gasteiger charge is -2.05. The molecule has 0 fully saturated rings. The highest BCUT2D eigenvalue weighted by Crippen LogP contribution is 2.32. The van der Waals surface area contributed by atoms with Gasteiger partial charge < -0.3 is 14.0 Å². The Kier molecular flexibility index (Phi) is 2.87. The molecule has 0 spiro atoms. The molecule has 1 aliphatic heterocycles. The molecule has 5 heteroatoms. The van der Waals surface area contributed by atoms with Crippen molar-refractivity contribution >= 4 is 18.6 Å². The van der Waals surface area contributed by atoms with Gasteiger partial charge in [0.25, 0.3) is 0 Å². The van der Waals surface area contributed by atoms with Crippen molar-refractivity contribution in [2.75, 3.05) is 7.11 Å². The SMILES string of the molecule is COC(=O)c1ccc(B2Oc3ccccc3O2)cc1. The van der Waals surface area contributed by atoms with Crippen LogP contribution in [0.15, 0.2) is 48.5 Å². The summed E-state index contributed by atoms with van der Waals surface area (Å²) in [5.41, 5.74) is 1.35. The number of rotatable bonds is 2. The van der Waals surface area contributed by atoms with Crippen LogP contribution in [0.4, 0.5) is 0 Å². The van der Waals surface area contributed by atoms with Gasteiger partial charge in [0.05, 0.1) is 12.7 Å². The molecule has 1 heterocycles. The van der Waals surface area contributed by atoms with Gasteiger partial charge in [-0.3, -0.25) is 0 Å². The first-order valence-electron chi connectivity index (χ1n) is 5.88. The number of fused-ring (bicyclic) bond motifs is 1. The van der Waals surface area contributed by atoms with Crippen molar-refractivity contribution in [1.82, 2.24) is 0 Å². The van der Waals surface area contributed by atoms with Crippen molar-refractivity contribution < 1.29 is 18.8 Å². The summed E-state index contributed by atoms with van der Waals surface area (Å²) in [4.78, 5) is 11.3. The van der Waals surface area contributed by atoms with Gasteiger partial charge in [0.1, 0.15) is 11.5 Å². The fraction of sp³-hybridized carbons (Fsp3) is 0.0714. The van der Waals surface area contributed by atoms with E-state index in [1.165, 1.54) is 7.11 Å². The fourth-order valence-electron chi connectivity index (χ4n) is 1.93. The van der Waals surface area contributed by atoms with E-state index in [0.29, 0.717) is 5.56 Å². The Balaban J connectivity index is 1.80. The molecule has 0 unspecified atom stereocenters. The van der Waals surface area contributed by atoms with Crippen LogP contribution in [0.2, 0.25) is 0 Å². The Morgan fingerprint density at radius 2 is 1.58 bits per heavy atom. The summed E-state index contributed by atoms with van der Waals surface area (Å²) in [6, 6.07) is 14.5. The summed E-state index contributed by atoms with van der Waals surface area (Å²) in [5.74, 6) is 1.09. The molecule has 3 rings (SSSR count). The Bertz CT molecular complexity index is 584. The molecule has 0 aromatic heterocycles. The van der Waals surface area contributed by atoms with Crippen molar-refractivity contribution in [3.63, 3.8) is 0 Å². The maximum absolute atomic E-state index is 11.3. The Hall–Kier alpha value is -2.43. The molecule has 0 N–H and O–H groups in total. The van der Waals surface area contributed by atoms with Gasteiger partial charge >= 0.3 is 13.1 Å². The van der Waals surface area contributed by atoms with Crippen LogP contribution in [0, 0.1) is 0 Å². The normalized spacial score (nSPS) is 12.4. The molecule has 0 saturated heterocycles. The zero-order chi connectivity index (χ0) is 13.2. The zero-order valence-electron chi connectivity index (χ0n) is 10.3. The minimum atomic E-state index is -0.468. The molecule has 0 atom stereocenters. The first kappa shape index (κ1) is 11.7. The highest BCUT2D eigenvalue weighted by atomic mass is 16.6. The number of carbonyl (C=O) groups is 1. The Morgan fingerprint density at radius 1 is 1.00 bits per heavy atom. The number of esters is 1. The van der Waals surface area contributed by atoms with E-state index in [1.54, 1.807) is 24.3 Å². The summed E-state index contributed by atoms with van der Waals surface area (Å²) in [5, 5.41) is 0. The molecule has 0 bridgehead atoms. The van der Waals surface area contributed by atoms with Crippen molar-refractivity contribution in [2.45, 2.75) is 0 Å². The highest BCUT2D eigenvalue weighted by molar-refractivity contribution is 6.63. The second-order valence-corrected chi connectivity index (χ2v) is 4.13. The third-order valence-corrected chi connectivity index (χ3v) is 2.92. The van der Waals surface area contributed by atoms with Crippen LogP contribution >= 0.6 is 0 Å². The van der Waals surface area contributed by atoms with E-state index >= 15 is 0 Å². The number of carbonyl (C=O) groups excluding carboxylic acids is 1. The highest BCUT2D eigenvalue weighted by Gasteiger charge is 2.33. The lowest BCUT2D eigenvalue weighted by atomic mass is 9.79. The van der Waals surface area contributed by atoms with Crippen LogP contribution in [0.25, 0.3) is 0 Å². The van der Waals surface area contributed by atoms with Gasteiger partial charge in [0.2, 0.25) is 0 Å². The molecule has 4 nitrogen and oxygen atoms in total. The van der Waals surface area contributed by atoms with Crippen LogP contribution in [-0.4, -0.2) is 20.2 Å². The van der Waals surface area contributed by atoms with E-state index in [9.17, 15) is 4.79 Å². The fourth-order valence-corrected chi connectivity index (χ4v) is 1.93. The maximum atomic E-state index is 11.3. The van der Waals surface area contributed by atoms with Crippen LogP contribution in [0.3, 0.4) is 0 Å². The minimum Gasteiger partial charge on any atom is -0.519 e. The van der Waals surface area contributed by atoms with Crippen molar-refractivity contribution in [3.05, 3.63) is 54.1 Å². The molecule has 2 aromatic rings. The second-order valence-electron chi connectivity index (χ2n) is 4.13. The molecule has 0 aliphatic carbocycles.